The first kappa shape index (κ1) is 15.7. The second-order valence-electron chi connectivity index (χ2n) is 5.26. The highest BCUT2D eigenvalue weighted by Crippen LogP contribution is 2.24. The minimum atomic E-state index is -3.50. The van der Waals surface area contributed by atoms with E-state index in [4.69, 9.17) is 5.11 Å². The number of carboxylic acid groups (broad SMARTS) is 1. The van der Waals surface area contributed by atoms with Gasteiger partial charge in [-0.3, -0.25) is 4.79 Å². The molecule has 1 aromatic rings. The van der Waals surface area contributed by atoms with Crippen molar-refractivity contribution in [3.63, 3.8) is 0 Å². The Morgan fingerprint density at radius 1 is 1.14 bits per heavy atom. The number of hydrogen-bond acceptors (Lipinski definition) is 3. The largest absolute Gasteiger partial charge is 0.481 e. The molecule has 0 aromatic heterocycles. The number of hydrogen-bond donors (Lipinski definition) is 2. The lowest BCUT2D eigenvalue weighted by atomic mass is 9.87. The van der Waals surface area contributed by atoms with E-state index in [1.165, 1.54) is 0 Å². The number of benzene rings is 1. The molecule has 1 aliphatic carbocycles. The molecule has 2 rings (SSSR count). The lowest BCUT2D eigenvalue weighted by Gasteiger charge is -2.26. The van der Waals surface area contributed by atoms with Crippen LogP contribution in [-0.2, 0) is 14.8 Å². The van der Waals surface area contributed by atoms with Crippen molar-refractivity contribution < 1.29 is 18.3 Å². The summed E-state index contributed by atoms with van der Waals surface area (Å²) in [5, 5.41) is 10.1. The maximum absolute atomic E-state index is 12.0. The Hall–Kier alpha value is -1.66. The van der Waals surface area contributed by atoms with Crippen molar-refractivity contribution in [2.24, 2.45) is 5.92 Å². The molecule has 0 amide bonds. The van der Waals surface area contributed by atoms with Crippen LogP contribution in [-0.4, -0.2) is 25.5 Å². The first-order valence-corrected chi connectivity index (χ1v) is 8.49. The molecule has 0 heterocycles. The quantitative estimate of drug-likeness (QED) is 0.873. The topological polar surface area (TPSA) is 83.5 Å². The molecule has 5 nitrogen and oxygen atoms in total. The van der Waals surface area contributed by atoms with Crippen LogP contribution in [0.2, 0.25) is 0 Å². The average molecular weight is 309 g/mol. The van der Waals surface area contributed by atoms with Gasteiger partial charge in [-0.1, -0.05) is 30.3 Å². The van der Waals surface area contributed by atoms with Crippen molar-refractivity contribution in [1.29, 1.82) is 0 Å². The highest BCUT2D eigenvalue weighted by Gasteiger charge is 2.27. The first-order chi connectivity index (χ1) is 9.96. The summed E-state index contributed by atoms with van der Waals surface area (Å²) in [4.78, 5) is 10.9. The summed E-state index contributed by atoms with van der Waals surface area (Å²) >= 11 is 0. The molecule has 21 heavy (non-hydrogen) atoms. The van der Waals surface area contributed by atoms with Crippen molar-refractivity contribution in [3.05, 3.63) is 41.3 Å². The molecular weight excluding hydrogens is 290 g/mol. The van der Waals surface area contributed by atoms with Gasteiger partial charge in [-0.05, 0) is 37.3 Å². The third kappa shape index (κ3) is 4.99. The maximum Gasteiger partial charge on any atom is 0.306 e. The van der Waals surface area contributed by atoms with E-state index in [0.29, 0.717) is 25.7 Å². The number of carboxylic acids is 1. The minimum absolute atomic E-state index is 0.175. The zero-order valence-electron chi connectivity index (χ0n) is 11.6. The highest BCUT2D eigenvalue weighted by atomic mass is 32.2. The van der Waals surface area contributed by atoms with E-state index >= 15 is 0 Å². The van der Waals surface area contributed by atoms with Crippen LogP contribution in [0.25, 0.3) is 6.08 Å². The third-order valence-electron chi connectivity index (χ3n) is 3.65. The number of sulfonamides is 1. The van der Waals surface area contributed by atoms with E-state index in [-0.39, 0.29) is 12.0 Å². The van der Waals surface area contributed by atoms with Crippen LogP contribution >= 0.6 is 0 Å². The number of rotatable bonds is 5. The van der Waals surface area contributed by atoms with Gasteiger partial charge in [0.25, 0.3) is 0 Å². The zero-order valence-corrected chi connectivity index (χ0v) is 12.4. The number of aliphatic carboxylic acids is 1. The Bertz CT molecular complexity index is 602. The summed E-state index contributed by atoms with van der Waals surface area (Å²) in [6, 6.07) is 9.02. The number of carbonyl (C=O) groups is 1. The monoisotopic (exact) mass is 309 g/mol. The van der Waals surface area contributed by atoms with Crippen molar-refractivity contribution in [2.45, 2.75) is 31.7 Å². The van der Waals surface area contributed by atoms with Crippen LogP contribution in [0.3, 0.4) is 0 Å². The van der Waals surface area contributed by atoms with Gasteiger partial charge < -0.3 is 5.11 Å². The predicted octanol–water partition coefficient (Wildman–Crippen LogP) is 2.22. The van der Waals surface area contributed by atoms with Gasteiger partial charge in [-0.15, -0.1) is 0 Å². The summed E-state index contributed by atoms with van der Waals surface area (Å²) in [6.45, 7) is 0. The van der Waals surface area contributed by atoms with E-state index in [1.54, 1.807) is 6.08 Å². The van der Waals surface area contributed by atoms with Gasteiger partial charge in [0.1, 0.15) is 0 Å². The molecule has 1 saturated carbocycles. The van der Waals surface area contributed by atoms with Gasteiger partial charge in [-0.2, -0.15) is 0 Å². The Morgan fingerprint density at radius 3 is 2.33 bits per heavy atom. The van der Waals surface area contributed by atoms with Crippen LogP contribution in [0.1, 0.15) is 31.2 Å². The van der Waals surface area contributed by atoms with Crippen LogP contribution in [0.4, 0.5) is 0 Å². The van der Waals surface area contributed by atoms with Crippen LogP contribution in [0.15, 0.2) is 35.7 Å². The lowest BCUT2D eigenvalue weighted by Crippen LogP contribution is -2.37. The fourth-order valence-corrected chi connectivity index (χ4v) is 3.58. The predicted molar refractivity (Wildman–Crippen MR) is 80.9 cm³/mol. The molecule has 1 aromatic carbocycles. The molecule has 0 spiro atoms. The van der Waals surface area contributed by atoms with E-state index in [0.717, 1.165) is 11.0 Å². The molecule has 0 bridgehead atoms. The molecule has 0 radical (unpaired) electrons. The second kappa shape index (κ2) is 6.87. The third-order valence-corrected chi connectivity index (χ3v) is 4.80. The van der Waals surface area contributed by atoms with Crippen molar-refractivity contribution in [2.75, 3.05) is 0 Å². The van der Waals surface area contributed by atoms with Gasteiger partial charge >= 0.3 is 5.97 Å². The molecule has 2 N–H and O–H groups in total. The molecule has 6 heteroatoms. The summed E-state index contributed by atoms with van der Waals surface area (Å²) in [7, 11) is -3.50. The zero-order chi connectivity index (χ0) is 15.3. The van der Waals surface area contributed by atoms with E-state index in [1.807, 2.05) is 30.3 Å². The van der Waals surface area contributed by atoms with Gasteiger partial charge in [0.15, 0.2) is 0 Å². The first-order valence-electron chi connectivity index (χ1n) is 6.94. The molecule has 0 atom stereocenters. The Balaban J connectivity index is 1.90. The standard InChI is InChI=1S/C15H19NO4S/c17-15(18)13-6-8-14(9-7-13)16-21(19,20)11-10-12-4-2-1-3-5-12/h1-5,10-11,13-14,16H,6-9H2,(H,17,18)/b11-10+. The maximum atomic E-state index is 12.0. The van der Waals surface area contributed by atoms with Crippen LogP contribution in [0.5, 0.6) is 0 Å². The normalized spacial score (nSPS) is 23.2. The van der Waals surface area contributed by atoms with Gasteiger partial charge in [-0.25, -0.2) is 13.1 Å². The number of nitrogens with one attached hydrogen (secondary N) is 1. The highest BCUT2D eigenvalue weighted by molar-refractivity contribution is 7.92. The fraction of sp³-hybridized carbons (Fsp3) is 0.400. The lowest BCUT2D eigenvalue weighted by molar-refractivity contribution is -0.142. The molecule has 0 aliphatic heterocycles. The molecule has 1 fully saturated rings. The summed E-state index contributed by atoms with van der Waals surface area (Å²) < 4.78 is 26.6. The molecular formula is C15H19NO4S. The van der Waals surface area contributed by atoms with Crippen LogP contribution < -0.4 is 4.72 Å². The van der Waals surface area contributed by atoms with Crippen molar-refractivity contribution in [1.82, 2.24) is 4.72 Å². The fourth-order valence-electron chi connectivity index (χ4n) is 2.46. The smallest absolute Gasteiger partial charge is 0.306 e. The molecule has 0 unspecified atom stereocenters. The van der Waals surface area contributed by atoms with Crippen LogP contribution in [0, 0.1) is 5.92 Å². The SMILES string of the molecule is O=C(O)C1CCC(NS(=O)(=O)/C=C/c2ccccc2)CC1. The van der Waals surface area contributed by atoms with Gasteiger partial charge in [0.2, 0.25) is 10.0 Å². The summed E-state index contributed by atoms with van der Waals surface area (Å²) in [5.74, 6) is -1.13. The van der Waals surface area contributed by atoms with E-state index < -0.39 is 16.0 Å². The van der Waals surface area contributed by atoms with Gasteiger partial charge in [0, 0.05) is 11.4 Å². The minimum Gasteiger partial charge on any atom is -0.481 e. The summed E-state index contributed by atoms with van der Waals surface area (Å²) in [5.41, 5.74) is 0.817. The molecule has 1 aliphatic rings. The Labute approximate surface area is 124 Å². The van der Waals surface area contributed by atoms with Gasteiger partial charge in [0.05, 0.1) is 5.92 Å². The van der Waals surface area contributed by atoms with E-state index in [2.05, 4.69) is 4.72 Å². The van der Waals surface area contributed by atoms with Crippen molar-refractivity contribution >= 4 is 22.1 Å². The molecule has 114 valence electrons. The second-order valence-corrected chi connectivity index (χ2v) is 6.86. The Morgan fingerprint density at radius 2 is 1.76 bits per heavy atom. The Kier molecular flexibility index (Phi) is 5.14. The average Bonchev–Trinajstić information content (AvgIpc) is 2.46. The molecule has 0 saturated heterocycles. The van der Waals surface area contributed by atoms with E-state index in [9.17, 15) is 13.2 Å². The van der Waals surface area contributed by atoms with Crippen molar-refractivity contribution in [3.8, 4) is 0 Å². The summed E-state index contributed by atoms with van der Waals surface area (Å²) in [6.07, 6.45) is 3.71.